The molecule has 0 amide bonds. The molecule has 0 saturated heterocycles. The van der Waals surface area contributed by atoms with Crippen LogP contribution in [0.5, 0.6) is 0 Å². The molecular formula is C52H33N3S. The fourth-order valence-corrected chi connectivity index (χ4v) is 9.88. The third-order valence-corrected chi connectivity index (χ3v) is 12.4. The van der Waals surface area contributed by atoms with Gasteiger partial charge in [-0.3, -0.25) is 0 Å². The average Bonchev–Trinajstić information content (AvgIpc) is 3.80. The predicted octanol–water partition coefficient (Wildman–Crippen LogP) is 13.3. The Balaban J connectivity index is 1.26. The molecule has 0 fully saturated rings. The molecule has 0 aliphatic heterocycles. The maximum Gasteiger partial charge on any atom is 0.164 e. The molecule has 4 heteroatoms. The maximum absolute atomic E-state index is 5.30. The fraction of sp³-hybridized carbons (Fsp3) is 0.0192. The third kappa shape index (κ3) is 5.07. The highest BCUT2D eigenvalue weighted by atomic mass is 32.1. The van der Waals surface area contributed by atoms with Gasteiger partial charge >= 0.3 is 0 Å². The molecule has 3 nitrogen and oxygen atoms in total. The van der Waals surface area contributed by atoms with Gasteiger partial charge in [0.05, 0.1) is 5.41 Å². The minimum atomic E-state index is -0.549. The Morgan fingerprint density at radius 1 is 0.321 bits per heavy atom. The zero-order valence-corrected chi connectivity index (χ0v) is 31.1. The fourth-order valence-electron chi connectivity index (χ4n) is 8.73. The van der Waals surface area contributed by atoms with Crippen molar-refractivity contribution in [1.82, 2.24) is 15.0 Å². The Hall–Kier alpha value is -7.01. The van der Waals surface area contributed by atoms with Crippen LogP contribution < -0.4 is 0 Å². The Kier molecular flexibility index (Phi) is 7.58. The molecule has 1 aliphatic rings. The molecule has 0 spiro atoms. The number of aromatic nitrogens is 3. The highest BCUT2D eigenvalue weighted by Gasteiger charge is 2.46. The van der Waals surface area contributed by atoms with Crippen LogP contribution in [0.25, 0.3) is 76.6 Å². The SMILES string of the molecule is c1ccc(-c2nc(-c3ccccc3)nc(-c3cc4c(cc3-c3ccc5c(c3)sc3ccccc35)C(c3ccccc3)(c3ccccc3)c3ccccc3-4)n2)cc1. The van der Waals surface area contributed by atoms with Crippen LogP contribution in [0.15, 0.2) is 200 Å². The van der Waals surface area contributed by atoms with Gasteiger partial charge in [0.1, 0.15) is 0 Å². The molecule has 0 radical (unpaired) electrons. The number of fused-ring (bicyclic) bond motifs is 6. The van der Waals surface area contributed by atoms with Crippen molar-refractivity contribution in [1.29, 1.82) is 0 Å². The normalized spacial score (nSPS) is 12.8. The number of nitrogens with zero attached hydrogens (tertiary/aromatic N) is 3. The lowest BCUT2D eigenvalue weighted by atomic mass is 9.67. The minimum absolute atomic E-state index is 0.549. The quantitative estimate of drug-likeness (QED) is 0.171. The summed E-state index contributed by atoms with van der Waals surface area (Å²) in [5.74, 6) is 1.93. The molecule has 2 heterocycles. The highest BCUT2D eigenvalue weighted by molar-refractivity contribution is 7.25. The van der Waals surface area contributed by atoms with Crippen molar-refractivity contribution >= 4 is 31.5 Å². The molecule has 11 rings (SSSR count). The van der Waals surface area contributed by atoms with Gasteiger partial charge in [0.15, 0.2) is 17.5 Å². The summed E-state index contributed by atoms with van der Waals surface area (Å²) in [5.41, 5.74) is 11.9. The molecule has 0 bridgehead atoms. The van der Waals surface area contributed by atoms with Gasteiger partial charge < -0.3 is 0 Å². The first-order valence-electron chi connectivity index (χ1n) is 18.9. The summed E-state index contributed by atoms with van der Waals surface area (Å²) < 4.78 is 2.54. The van der Waals surface area contributed by atoms with Crippen molar-refractivity contribution in [3.05, 3.63) is 222 Å². The molecule has 0 atom stereocenters. The van der Waals surface area contributed by atoms with E-state index in [0.717, 1.165) is 27.8 Å². The van der Waals surface area contributed by atoms with Crippen molar-refractivity contribution in [2.24, 2.45) is 0 Å². The van der Waals surface area contributed by atoms with E-state index in [2.05, 4.69) is 164 Å². The summed E-state index contributed by atoms with van der Waals surface area (Å²) in [6.45, 7) is 0. The average molecular weight is 732 g/mol. The van der Waals surface area contributed by atoms with Crippen LogP contribution in [-0.2, 0) is 5.41 Å². The second-order valence-corrected chi connectivity index (χ2v) is 15.4. The Labute approximate surface area is 329 Å². The molecule has 2 aromatic heterocycles. The van der Waals surface area contributed by atoms with E-state index in [4.69, 9.17) is 15.0 Å². The molecule has 0 saturated carbocycles. The van der Waals surface area contributed by atoms with E-state index in [-0.39, 0.29) is 0 Å². The molecule has 10 aromatic rings. The number of rotatable bonds is 6. The van der Waals surface area contributed by atoms with Crippen molar-refractivity contribution in [2.45, 2.75) is 5.41 Å². The number of thiophene rings is 1. The van der Waals surface area contributed by atoms with Crippen LogP contribution in [0.2, 0.25) is 0 Å². The van der Waals surface area contributed by atoms with Crippen LogP contribution >= 0.6 is 11.3 Å². The van der Waals surface area contributed by atoms with Gasteiger partial charge in [0.25, 0.3) is 0 Å². The Morgan fingerprint density at radius 2 is 0.857 bits per heavy atom. The van der Waals surface area contributed by atoms with E-state index in [1.54, 1.807) is 0 Å². The Morgan fingerprint density at radius 3 is 1.52 bits per heavy atom. The van der Waals surface area contributed by atoms with Crippen molar-refractivity contribution in [3.63, 3.8) is 0 Å². The molecule has 0 N–H and O–H groups in total. The maximum atomic E-state index is 5.30. The third-order valence-electron chi connectivity index (χ3n) is 11.2. The highest BCUT2D eigenvalue weighted by Crippen LogP contribution is 2.58. The largest absolute Gasteiger partial charge is 0.208 e. The van der Waals surface area contributed by atoms with Gasteiger partial charge in [-0.05, 0) is 68.8 Å². The molecule has 8 aromatic carbocycles. The van der Waals surface area contributed by atoms with E-state index in [9.17, 15) is 0 Å². The summed E-state index contributed by atoms with van der Waals surface area (Å²) in [6.07, 6.45) is 0. The zero-order chi connectivity index (χ0) is 37.1. The van der Waals surface area contributed by atoms with Gasteiger partial charge in [0.2, 0.25) is 0 Å². The van der Waals surface area contributed by atoms with Crippen LogP contribution in [0, 0.1) is 0 Å². The summed E-state index contributed by atoms with van der Waals surface area (Å²) in [6, 6.07) is 71.7. The summed E-state index contributed by atoms with van der Waals surface area (Å²) in [5, 5.41) is 2.55. The lowest BCUT2D eigenvalue weighted by molar-refractivity contribution is 0.769. The molecular weight excluding hydrogens is 699 g/mol. The molecule has 56 heavy (non-hydrogen) atoms. The Bertz CT molecular complexity index is 2970. The smallest absolute Gasteiger partial charge is 0.164 e. The van der Waals surface area contributed by atoms with Crippen LogP contribution in [0.1, 0.15) is 22.3 Å². The van der Waals surface area contributed by atoms with Gasteiger partial charge in [-0.1, -0.05) is 176 Å². The molecule has 262 valence electrons. The van der Waals surface area contributed by atoms with Crippen molar-refractivity contribution < 1.29 is 0 Å². The lowest BCUT2D eigenvalue weighted by Gasteiger charge is -2.34. The van der Waals surface area contributed by atoms with E-state index >= 15 is 0 Å². The van der Waals surface area contributed by atoms with Crippen molar-refractivity contribution in [3.8, 4) is 56.4 Å². The van der Waals surface area contributed by atoms with Gasteiger partial charge in [-0.2, -0.15) is 0 Å². The minimum Gasteiger partial charge on any atom is -0.208 e. The van der Waals surface area contributed by atoms with Crippen LogP contribution in [-0.4, -0.2) is 15.0 Å². The van der Waals surface area contributed by atoms with E-state index in [0.29, 0.717) is 17.5 Å². The first-order chi connectivity index (χ1) is 27.8. The predicted molar refractivity (Wildman–Crippen MR) is 232 cm³/mol. The first kappa shape index (κ1) is 32.4. The second-order valence-electron chi connectivity index (χ2n) is 14.3. The summed E-state index contributed by atoms with van der Waals surface area (Å²) in [4.78, 5) is 15.7. The van der Waals surface area contributed by atoms with Crippen LogP contribution in [0.3, 0.4) is 0 Å². The van der Waals surface area contributed by atoms with Crippen LogP contribution in [0.4, 0.5) is 0 Å². The number of hydrogen-bond donors (Lipinski definition) is 0. The van der Waals surface area contributed by atoms with E-state index in [1.165, 1.54) is 53.6 Å². The van der Waals surface area contributed by atoms with Gasteiger partial charge in [0, 0.05) is 36.9 Å². The lowest BCUT2D eigenvalue weighted by Crippen LogP contribution is -2.28. The summed E-state index contributed by atoms with van der Waals surface area (Å²) >= 11 is 1.84. The van der Waals surface area contributed by atoms with Crippen molar-refractivity contribution in [2.75, 3.05) is 0 Å². The van der Waals surface area contributed by atoms with Gasteiger partial charge in [-0.15, -0.1) is 11.3 Å². The molecule has 1 aliphatic carbocycles. The first-order valence-corrected chi connectivity index (χ1v) is 19.8. The number of hydrogen-bond acceptors (Lipinski definition) is 4. The molecule has 0 unspecified atom stereocenters. The monoisotopic (exact) mass is 731 g/mol. The van der Waals surface area contributed by atoms with Gasteiger partial charge in [-0.25, -0.2) is 15.0 Å². The zero-order valence-electron chi connectivity index (χ0n) is 30.3. The summed E-state index contributed by atoms with van der Waals surface area (Å²) in [7, 11) is 0. The topological polar surface area (TPSA) is 38.7 Å². The second kappa shape index (κ2) is 13.1. The standard InChI is InChI=1S/C52H33N3S/c1-5-17-34(18-6-1)49-53-50(35-19-7-2-8-20-35)55-51(54-49)44-32-43-39-25-13-15-27-45(39)52(37-21-9-3-10-22-37,38-23-11-4-12-24-38)46(43)33-42(44)36-29-30-41-40-26-14-16-28-47(40)56-48(41)31-36/h1-33H. The van der Waals surface area contributed by atoms with E-state index in [1.807, 2.05) is 47.7 Å². The van der Waals surface area contributed by atoms with E-state index < -0.39 is 5.41 Å². The number of benzene rings is 8.